The van der Waals surface area contributed by atoms with Gasteiger partial charge in [0.2, 0.25) is 0 Å². The van der Waals surface area contributed by atoms with Crippen molar-refractivity contribution in [2.75, 3.05) is 24.2 Å². The van der Waals surface area contributed by atoms with Crippen LogP contribution in [0.2, 0.25) is 0 Å². The Morgan fingerprint density at radius 2 is 1.91 bits per heavy atom. The average Bonchev–Trinajstić information content (AvgIpc) is 2.04. The number of nitrogens with two attached hydrogens (primary N) is 1. The Morgan fingerprint density at radius 1 is 1.36 bits per heavy atom. The van der Waals surface area contributed by atoms with Crippen LogP contribution in [0.15, 0.2) is 9.59 Å². The highest BCUT2D eigenvalue weighted by Gasteiger charge is 2.19. The summed E-state index contributed by atoms with van der Waals surface area (Å²) in [7, 11) is 1.73. The fourth-order valence-corrected chi connectivity index (χ4v) is 0.934. The molecule has 0 heterocycles. The number of hydrogen-bond donors (Lipinski definition) is 1. The summed E-state index contributed by atoms with van der Waals surface area (Å²) in [6, 6.07) is 0. The first kappa shape index (κ1) is 7.78. The zero-order valence-corrected chi connectivity index (χ0v) is 6.55. The molecule has 0 bridgehead atoms. The Bertz CT molecular complexity index is 336. The van der Waals surface area contributed by atoms with Gasteiger partial charge < -0.3 is 10.6 Å². The lowest BCUT2D eigenvalue weighted by molar-refractivity contribution is 0.954. The van der Waals surface area contributed by atoms with Crippen LogP contribution in [0.5, 0.6) is 0 Å². The van der Waals surface area contributed by atoms with E-state index in [0.717, 1.165) is 0 Å². The SMILES string of the molecule is CCN(C)c1c(N)c(=O)c1=O. The van der Waals surface area contributed by atoms with E-state index < -0.39 is 10.9 Å². The monoisotopic (exact) mass is 154 g/mol. The molecule has 0 aliphatic heterocycles. The third-order valence-corrected chi connectivity index (χ3v) is 1.78. The van der Waals surface area contributed by atoms with E-state index in [1.54, 1.807) is 11.9 Å². The highest BCUT2D eigenvalue weighted by Crippen LogP contribution is 2.13. The van der Waals surface area contributed by atoms with Crippen LogP contribution in [-0.2, 0) is 0 Å². The van der Waals surface area contributed by atoms with Gasteiger partial charge in [-0.25, -0.2) is 0 Å². The van der Waals surface area contributed by atoms with Gasteiger partial charge in [0.25, 0.3) is 10.9 Å². The minimum Gasteiger partial charge on any atom is -0.394 e. The summed E-state index contributed by atoms with van der Waals surface area (Å²) >= 11 is 0. The van der Waals surface area contributed by atoms with Crippen molar-refractivity contribution in [1.82, 2.24) is 0 Å². The van der Waals surface area contributed by atoms with Crippen molar-refractivity contribution in [3.05, 3.63) is 20.4 Å². The summed E-state index contributed by atoms with van der Waals surface area (Å²) in [5.41, 5.74) is 4.74. The lowest BCUT2D eigenvalue weighted by Crippen LogP contribution is -2.40. The highest BCUT2D eigenvalue weighted by molar-refractivity contribution is 5.72. The van der Waals surface area contributed by atoms with Crippen LogP contribution in [0.25, 0.3) is 0 Å². The minimum absolute atomic E-state index is 0.0966. The molecule has 1 aromatic rings. The fourth-order valence-electron chi connectivity index (χ4n) is 0.934. The number of rotatable bonds is 2. The van der Waals surface area contributed by atoms with Gasteiger partial charge in [-0.2, -0.15) is 0 Å². The zero-order valence-electron chi connectivity index (χ0n) is 6.55. The molecule has 1 rings (SSSR count). The molecule has 1 aromatic carbocycles. The first-order chi connectivity index (χ1) is 5.09. The largest absolute Gasteiger partial charge is 0.394 e. The molecule has 0 aliphatic carbocycles. The molecule has 4 heteroatoms. The molecule has 0 aromatic heterocycles. The average molecular weight is 154 g/mol. The van der Waals surface area contributed by atoms with Crippen LogP contribution in [0.3, 0.4) is 0 Å². The molecular weight excluding hydrogens is 144 g/mol. The second kappa shape index (κ2) is 2.38. The normalized spacial score (nSPS) is 10.4. The number of anilines is 2. The molecule has 0 atom stereocenters. The Morgan fingerprint density at radius 3 is 2.27 bits per heavy atom. The Hall–Kier alpha value is -1.32. The van der Waals surface area contributed by atoms with Gasteiger partial charge >= 0.3 is 0 Å². The van der Waals surface area contributed by atoms with Crippen LogP contribution in [0, 0.1) is 0 Å². The molecule has 4 nitrogen and oxygen atoms in total. The molecule has 0 saturated carbocycles. The molecule has 60 valence electrons. The number of nitrogens with zero attached hydrogens (tertiary/aromatic N) is 1. The zero-order chi connectivity index (χ0) is 8.59. The first-order valence-electron chi connectivity index (χ1n) is 3.39. The van der Waals surface area contributed by atoms with Crippen molar-refractivity contribution >= 4 is 11.4 Å². The summed E-state index contributed by atoms with van der Waals surface area (Å²) in [5.74, 6) is 0. The summed E-state index contributed by atoms with van der Waals surface area (Å²) in [5, 5.41) is 0. The second-order valence-corrected chi connectivity index (χ2v) is 2.43. The fraction of sp³-hybridized carbons (Fsp3) is 0.429. The van der Waals surface area contributed by atoms with Crippen molar-refractivity contribution in [3.8, 4) is 0 Å². The lowest BCUT2D eigenvalue weighted by atomic mass is 10.2. The maximum absolute atomic E-state index is 10.8. The van der Waals surface area contributed by atoms with Crippen LogP contribution in [-0.4, -0.2) is 13.6 Å². The molecule has 0 aliphatic rings. The van der Waals surface area contributed by atoms with Gasteiger partial charge in [-0.3, -0.25) is 9.59 Å². The van der Waals surface area contributed by atoms with Gasteiger partial charge in [-0.15, -0.1) is 0 Å². The molecule has 2 N–H and O–H groups in total. The topological polar surface area (TPSA) is 63.4 Å². The predicted octanol–water partition coefficient (Wildman–Crippen LogP) is -0.679. The second-order valence-electron chi connectivity index (χ2n) is 2.43. The molecular formula is C7H10N2O2. The maximum Gasteiger partial charge on any atom is 0.253 e. The quantitative estimate of drug-likeness (QED) is 0.573. The van der Waals surface area contributed by atoms with Gasteiger partial charge in [-0.1, -0.05) is 0 Å². The van der Waals surface area contributed by atoms with Crippen molar-refractivity contribution in [1.29, 1.82) is 0 Å². The third-order valence-electron chi connectivity index (χ3n) is 1.78. The van der Waals surface area contributed by atoms with Crippen molar-refractivity contribution in [2.45, 2.75) is 6.92 Å². The summed E-state index contributed by atoms with van der Waals surface area (Å²) in [6.07, 6.45) is 0. The van der Waals surface area contributed by atoms with Crippen LogP contribution in [0.4, 0.5) is 11.4 Å². The Kier molecular flexibility index (Phi) is 1.68. The van der Waals surface area contributed by atoms with Gasteiger partial charge in [-0.05, 0) is 6.92 Å². The molecule has 0 radical (unpaired) electrons. The molecule has 0 fully saturated rings. The van der Waals surface area contributed by atoms with E-state index in [-0.39, 0.29) is 5.69 Å². The smallest absolute Gasteiger partial charge is 0.253 e. The van der Waals surface area contributed by atoms with Crippen molar-refractivity contribution in [2.24, 2.45) is 0 Å². The highest BCUT2D eigenvalue weighted by atomic mass is 16.2. The van der Waals surface area contributed by atoms with Crippen LogP contribution >= 0.6 is 0 Å². The van der Waals surface area contributed by atoms with E-state index in [4.69, 9.17) is 5.73 Å². The molecule has 0 unspecified atom stereocenters. The van der Waals surface area contributed by atoms with E-state index in [1.165, 1.54) is 0 Å². The van der Waals surface area contributed by atoms with Gasteiger partial charge in [0.05, 0.1) is 0 Å². The third kappa shape index (κ3) is 0.906. The number of hydrogen-bond acceptors (Lipinski definition) is 4. The first-order valence-corrected chi connectivity index (χ1v) is 3.39. The van der Waals surface area contributed by atoms with Crippen molar-refractivity contribution < 1.29 is 0 Å². The number of nitrogen functional groups attached to an aromatic ring is 1. The summed E-state index contributed by atoms with van der Waals surface area (Å²) in [4.78, 5) is 23.1. The molecule has 0 spiro atoms. The molecule has 11 heavy (non-hydrogen) atoms. The van der Waals surface area contributed by atoms with Gasteiger partial charge in [0.15, 0.2) is 0 Å². The minimum atomic E-state index is -0.555. The van der Waals surface area contributed by atoms with Gasteiger partial charge in [0, 0.05) is 13.6 Å². The molecule has 0 saturated heterocycles. The lowest BCUT2D eigenvalue weighted by Gasteiger charge is -2.18. The Labute approximate surface area is 63.9 Å². The van der Waals surface area contributed by atoms with E-state index in [1.807, 2.05) is 6.92 Å². The maximum atomic E-state index is 10.8. The van der Waals surface area contributed by atoms with Crippen LogP contribution < -0.4 is 21.5 Å². The van der Waals surface area contributed by atoms with E-state index >= 15 is 0 Å². The van der Waals surface area contributed by atoms with Crippen molar-refractivity contribution in [3.63, 3.8) is 0 Å². The summed E-state index contributed by atoms with van der Waals surface area (Å²) in [6.45, 7) is 2.56. The predicted molar refractivity (Wildman–Crippen MR) is 44.7 cm³/mol. The van der Waals surface area contributed by atoms with E-state index in [0.29, 0.717) is 12.2 Å². The van der Waals surface area contributed by atoms with Crippen LogP contribution in [0.1, 0.15) is 6.92 Å². The van der Waals surface area contributed by atoms with Gasteiger partial charge in [0.1, 0.15) is 11.4 Å². The summed E-state index contributed by atoms with van der Waals surface area (Å²) < 4.78 is 0. The Balaban J connectivity index is 3.09. The standard InChI is InChI=1S/C7H10N2O2/c1-3-9(2)5-4(8)6(10)7(5)11/h3,8H2,1-2H3. The molecule has 0 amide bonds. The van der Waals surface area contributed by atoms with E-state index in [2.05, 4.69) is 0 Å². The van der Waals surface area contributed by atoms with E-state index in [9.17, 15) is 9.59 Å².